The van der Waals surface area contributed by atoms with Crippen molar-refractivity contribution in [2.75, 3.05) is 32.8 Å². The van der Waals surface area contributed by atoms with Crippen LogP contribution in [0.25, 0.3) is 0 Å². The number of benzene rings is 2. The molecule has 2 aliphatic rings. The van der Waals surface area contributed by atoms with E-state index in [0.29, 0.717) is 29.5 Å². The van der Waals surface area contributed by atoms with Gasteiger partial charge in [0.2, 0.25) is 16.1 Å². The summed E-state index contributed by atoms with van der Waals surface area (Å²) in [4.78, 5) is 15.0. The molecule has 2 aromatic rings. The number of sulfonamides is 1. The van der Waals surface area contributed by atoms with E-state index >= 15 is 0 Å². The van der Waals surface area contributed by atoms with E-state index in [1.165, 1.54) is 4.31 Å². The second-order valence-corrected chi connectivity index (χ2v) is 10.4. The van der Waals surface area contributed by atoms with Crippen LogP contribution in [0.4, 0.5) is 0 Å². The lowest BCUT2D eigenvalue weighted by molar-refractivity contribution is -0.142. The Labute approximate surface area is 190 Å². The van der Waals surface area contributed by atoms with E-state index in [-0.39, 0.29) is 25.6 Å². The third-order valence-corrected chi connectivity index (χ3v) is 9.04. The number of fused-ring (bicyclic) bond motifs is 1. The van der Waals surface area contributed by atoms with Gasteiger partial charge >= 0.3 is 0 Å². The summed E-state index contributed by atoms with van der Waals surface area (Å²) in [5.74, 6) is 1.00. The van der Waals surface area contributed by atoms with Crippen molar-refractivity contribution in [3.8, 4) is 11.5 Å². The fraction of sp³-hybridized carbons (Fsp3) is 0.458. The van der Waals surface area contributed by atoms with E-state index in [0.717, 1.165) is 27.8 Å². The first-order chi connectivity index (χ1) is 15.1. The van der Waals surface area contributed by atoms with Crippen LogP contribution < -0.4 is 9.47 Å². The predicted octanol–water partition coefficient (Wildman–Crippen LogP) is 2.90. The van der Waals surface area contributed by atoms with Crippen LogP contribution in [0, 0.1) is 34.6 Å². The Balaban J connectivity index is 1.48. The number of carbonyl (C=O) groups excluding carboxylic acids is 1. The first-order valence-corrected chi connectivity index (χ1v) is 12.3. The summed E-state index contributed by atoms with van der Waals surface area (Å²) in [5, 5.41) is 0. The highest BCUT2D eigenvalue weighted by Crippen LogP contribution is 2.33. The summed E-state index contributed by atoms with van der Waals surface area (Å²) in [7, 11) is -3.66. The Morgan fingerprint density at radius 1 is 0.844 bits per heavy atom. The first-order valence-electron chi connectivity index (χ1n) is 10.9. The number of amides is 1. The molecule has 0 saturated carbocycles. The van der Waals surface area contributed by atoms with E-state index in [4.69, 9.17) is 9.47 Å². The number of para-hydroxylation sites is 2. The van der Waals surface area contributed by atoms with Gasteiger partial charge in [0, 0.05) is 26.2 Å². The van der Waals surface area contributed by atoms with Gasteiger partial charge in [-0.15, -0.1) is 0 Å². The number of nitrogens with zero attached hydrogens (tertiary/aromatic N) is 2. The van der Waals surface area contributed by atoms with E-state index in [1.807, 2.05) is 46.8 Å². The van der Waals surface area contributed by atoms with Gasteiger partial charge in [-0.05, 0) is 74.6 Å². The first kappa shape index (κ1) is 22.6. The van der Waals surface area contributed by atoms with Crippen molar-refractivity contribution in [1.29, 1.82) is 0 Å². The molecule has 1 fully saturated rings. The minimum absolute atomic E-state index is 0.147. The van der Waals surface area contributed by atoms with Crippen molar-refractivity contribution >= 4 is 15.9 Å². The maximum Gasteiger partial charge on any atom is 0.267 e. The molecule has 1 saturated heterocycles. The summed E-state index contributed by atoms with van der Waals surface area (Å²) in [6, 6.07) is 7.26. The molecule has 7 nitrogen and oxygen atoms in total. The van der Waals surface area contributed by atoms with Crippen LogP contribution in [0.15, 0.2) is 29.2 Å². The van der Waals surface area contributed by atoms with Gasteiger partial charge in [0.25, 0.3) is 5.91 Å². The van der Waals surface area contributed by atoms with Crippen LogP contribution in [0.2, 0.25) is 0 Å². The van der Waals surface area contributed by atoms with E-state index in [2.05, 4.69) is 0 Å². The molecule has 8 heteroatoms. The van der Waals surface area contributed by atoms with Crippen molar-refractivity contribution < 1.29 is 22.7 Å². The van der Waals surface area contributed by atoms with Gasteiger partial charge in [-0.3, -0.25) is 4.79 Å². The molecule has 0 spiro atoms. The maximum absolute atomic E-state index is 13.5. The summed E-state index contributed by atoms with van der Waals surface area (Å²) in [5.41, 5.74) is 4.75. The maximum atomic E-state index is 13.5. The molecule has 0 aromatic heterocycles. The molecule has 0 N–H and O–H groups in total. The second-order valence-electron chi connectivity index (χ2n) is 8.55. The molecule has 0 bridgehead atoms. The van der Waals surface area contributed by atoms with E-state index in [1.54, 1.807) is 17.0 Å². The molecule has 0 radical (unpaired) electrons. The Morgan fingerprint density at radius 3 is 1.97 bits per heavy atom. The Bertz CT molecular complexity index is 1140. The number of hydrogen-bond donors (Lipinski definition) is 0. The van der Waals surface area contributed by atoms with Crippen LogP contribution in [0.1, 0.15) is 27.8 Å². The molecular weight excluding hydrogens is 428 g/mol. The van der Waals surface area contributed by atoms with Gasteiger partial charge in [0.05, 0.1) is 4.90 Å². The lowest BCUT2D eigenvalue weighted by atomic mass is 9.95. The SMILES string of the molecule is Cc1c(C)c(C)c(S(=O)(=O)N2CCN(C(=O)C3COc4ccccc4O3)CC2)c(C)c1C. The van der Waals surface area contributed by atoms with Crippen molar-refractivity contribution in [3.63, 3.8) is 0 Å². The molecule has 1 amide bonds. The third kappa shape index (κ3) is 3.75. The second kappa shape index (κ2) is 8.41. The molecule has 1 unspecified atom stereocenters. The zero-order valence-electron chi connectivity index (χ0n) is 19.3. The third-order valence-electron chi connectivity index (χ3n) is 6.86. The van der Waals surface area contributed by atoms with Crippen LogP contribution in [0.3, 0.4) is 0 Å². The largest absolute Gasteiger partial charge is 0.485 e. The lowest BCUT2D eigenvalue weighted by Crippen LogP contribution is -2.55. The molecule has 2 aromatic carbocycles. The lowest BCUT2D eigenvalue weighted by Gasteiger charge is -2.37. The van der Waals surface area contributed by atoms with Gasteiger partial charge in [0.15, 0.2) is 11.5 Å². The summed E-state index contributed by atoms with van der Waals surface area (Å²) < 4.78 is 40.1. The molecule has 32 heavy (non-hydrogen) atoms. The van der Waals surface area contributed by atoms with Gasteiger partial charge in [-0.1, -0.05) is 12.1 Å². The zero-order chi connectivity index (χ0) is 23.2. The van der Waals surface area contributed by atoms with Crippen LogP contribution in [0.5, 0.6) is 11.5 Å². The van der Waals surface area contributed by atoms with E-state index < -0.39 is 16.1 Å². The average molecular weight is 459 g/mol. The zero-order valence-corrected chi connectivity index (χ0v) is 20.1. The number of rotatable bonds is 3. The van der Waals surface area contributed by atoms with Gasteiger partial charge in [-0.2, -0.15) is 4.31 Å². The molecule has 4 rings (SSSR count). The molecule has 0 aliphatic carbocycles. The highest BCUT2D eigenvalue weighted by Gasteiger charge is 2.36. The average Bonchev–Trinajstić information content (AvgIpc) is 2.80. The number of ether oxygens (including phenoxy) is 2. The number of hydrogen-bond acceptors (Lipinski definition) is 5. The Hall–Kier alpha value is -2.58. The molecule has 172 valence electrons. The Morgan fingerprint density at radius 2 is 1.38 bits per heavy atom. The Kier molecular flexibility index (Phi) is 5.94. The molecule has 2 heterocycles. The van der Waals surface area contributed by atoms with E-state index in [9.17, 15) is 13.2 Å². The van der Waals surface area contributed by atoms with Gasteiger partial charge in [0.1, 0.15) is 6.61 Å². The fourth-order valence-electron chi connectivity index (χ4n) is 4.48. The summed E-state index contributed by atoms with van der Waals surface area (Å²) in [6.45, 7) is 11.0. The topological polar surface area (TPSA) is 76.2 Å². The number of carbonyl (C=O) groups is 1. The monoisotopic (exact) mass is 458 g/mol. The minimum Gasteiger partial charge on any atom is -0.485 e. The normalized spacial score (nSPS) is 19.2. The summed E-state index contributed by atoms with van der Waals surface area (Å²) >= 11 is 0. The van der Waals surface area contributed by atoms with Gasteiger partial charge < -0.3 is 14.4 Å². The number of piperazine rings is 1. The van der Waals surface area contributed by atoms with Crippen LogP contribution in [-0.2, 0) is 14.8 Å². The smallest absolute Gasteiger partial charge is 0.267 e. The van der Waals surface area contributed by atoms with Crippen LogP contribution in [-0.4, -0.2) is 62.4 Å². The van der Waals surface area contributed by atoms with Crippen molar-refractivity contribution in [1.82, 2.24) is 9.21 Å². The molecule has 1 atom stereocenters. The molecular formula is C24H30N2O5S. The quantitative estimate of drug-likeness (QED) is 0.707. The highest BCUT2D eigenvalue weighted by molar-refractivity contribution is 7.89. The molecule has 2 aliphatic heterocycles. The van der Waals surface area contributed by atoms with Crippen LogP contribution >= 0.6 is 0 Å². The van der Waals surface area contributed by atoms with Gasteiger partial charge in [-0.25, -0.2) is 8.42 Å². The van der Waals surface area contributed by atoms with Crippen molar-refractivity contribution in [2.45, 2.75) is 45.6 Å². The standard InChI is InChI=1S/C24H30N2O5S/c1-15-16(2)18(4)23(19(5)17(15)3)32(28,29)26-12-10-25(11-13-26)24(27)22-14-30-20-8-6-7-9-21(20)31-22/h6-9,22H,10-14H2,1-5H3. The highest BCUT2D eigenvalue weighted by atomic mass is 32.2. The minimum atomic E-state index is -3.66. The van der Waals surface area contributed by atoms with Crippen molar-refractivity contribution in [3.05, 3.63) is 52.1 Å². The predicted molar refractivity (Wildman–Crippen MR) is 122 cm³/mol. The van der Waals surface area contributed by atoms with Crippen molar-refractivity contribution in [2.24, 2.45) is 0 Å². The summed E-state index contributed by atoms with van der Waals surface area (Å²) in [6.07, 6.45) is -0.722. The fourth-order valence-corrected chi connectivity index (χ4v) is 6.46.